The van der Waals surface area contributed by atoms with E-state index in [1.807, 2.05) is 13.0 Å². The molecule has 0 aliphatic heterocycles. The van der Waals surface area contributed by atoms with Gasteiger partial charge in [0.15, 0.2) is 0 Å². The molecule has 4 nitrogen and oxygen atoms in total. The number of carboxylic acids is 1. The van der Waals surface area contributed by atoms with Crippen LogP contribution in [0, 0.1) is 6.92 Å². The molecule has 1 aromatic carbocycles. The zero-order chi connectivity index (χ0) is 12.1. The largest absolute Gasteiger partial charge is 0.481 e. The molecule has 0 spiro atoms. The van der Waals surface area contributed by atoms with Crippen LogP contribution in [0.3, 0.4) is 0 Å². The van der Waals surface area contributed by atoms with Crippen molar-refractivity contribution in [3.05, 3.63) is 35.4 Å². The number of carbonyl (C=O) groups is 1. The summed E-state index contributed by atoms with van der Waals surface area (Å²) in [5, 5.41) is 27.1. The first-order chi connectivity index (χ1) is 7.54. The summed E-state index contributed by atoms with van der Waals surface area (Å²) in [5.74, 6) is -1.76. The molecular formula is C12H16O4. The van der Waals surface area contributed by atoms with Crippen LogP contribution < -0.4 is 0 Å². The fourth-order valence-electron chi connectivity index (χ4n) is 1.61. The average molecular weight is 224 g/mol. The number of aryl methyl sites for hydroxylation is 1. The van der Waals surface area contributed by atoms with E-state index in [-0.39, 0.29) is 6.42 Å². The zero-order valence-corrected chi connectivity index (χ0v) is 9.13. The Balaban J connectivity index is 2.89. The van der Waals surface area contributed by atoms with Crippen LogP contribution in [-0.2, 0) is 4.79 Å². The van der Waals surface area contributed by atoms with E-state index in [0.29, 0.717) is 5.56 Å². The third kappa shape index (κ3) is 3.32. The Labute approximate surface area is 94.2 Å². The Kier molecular flexibility index (Phi) is 4.46. The Hall–Kier alpha value is -1.39. The van der Waals surface area contributed by atoms with Crippen molar-refractivity contribution in [3.8, 4) is 0 Å². The van der Waals surface area contributed by atoms with Gasteiger partial charge in [-0.05, 0) is 18.9 Å². The van der Waals surface area contributed by atoms with E-state index in [2.05, 4.69) is 0 Å². The molecule has 4 heteroatoms. The maximum Gasteiger partial charge on any atom is 0.311 e. The highest BCUT2D eigenvalue weighted by molar-refractivity contribution is 5.76. The summed E-state index contributed by atoms with van der Waals surface area (Å²) in [5.41, 5.74) is 1.63. The molecular weight excluding hydrogens is 208 g/mol. The van der Waals surface area contributed by atoms with E-state index in [1.54, 1.807) is 18.2 Å². The van der Waals surface area contributed by atoms with Crippen LogP contribution in [0.4, 0.5) is 0 Å². The second kappa shape index (κ2) is 5.63. The van der Waals surface area contributed by atoms with Gasteiger partial charge in [-0.1, -0.05) is 29.8 Å². The third-order valence-electron chi connectivity index (χ3n) is 2.46. The maximum atomic E-state index is 11.1. The number of hydrogen-bond acceptors (Lipinski definition) is 3. The maximum absolute atomic E-state index is 11.1. The lowest BCUT2D eigenvalue weighted by Crippen LogP contribution is -2.21. The number of aliphatic carboxylic acids is 1. The van der Waals surface area contributed by atoms with Crippen LogP contribution >= 0.6 is 0 Å². The van der Waals surface area contributed by atoms with Gasteiger partial charge < -0.3 is 15.3 Å². The van der Waals surface area contributed by atoms with Crippen molar-refractivity contribution in [2.24, 2.45) is 0 Å². The molecule has 3 N–H and O–H groups in total. The normalized spacial score (nSPS) is 14.4. The number of benzene rings is 1. The van der Waals surface area contributed by atoms with E-state index in [4.69, 9.17) is 10.2 Å². The van der Waals surface area contributed by atoms with Crippen LogP contribution in [-0.4, -0.2) is 34.0 Å². The van der Waals surface area contributed by atoms with Crippen molar-refractivity contribution in [3.63, 3.8) is 0 Å². The summed E-state index contributed by atoms with van der Waals surface area (Å²) < 4.78 is 0. The molecule has 0 saturated carbocycles. The van der Waals surface area contributed by atoms with Gasteiger partial charge in [0.2, 0.25) is 0 Å². The summed E-state index contributed by atoms with van der Waals surface area (Å²) in [6.45, 7) is 1.46. The molecule has 0 fully saturated rings. The first-order valence-corrected chi connectivity index (χ1v) is 5.13. The van der Waals surface area contributed by atoms with Gasteiger partial charge in [-0.15, -0.1) is 0 Å². The highest BCUT2D eigenvalue weighted by Gasteiger charge is 2.22. The van der Waals surface area contributed by atoms with E-state index >= 15 is 0 Å². The summed E-state index contributed by atoms with van der Waals surface area (Å²) in [7, 11) is 0. The second-order valence-corrected chi connectivity index (χ2v) is 3.88. The van der Waals surface area contributed by atoms with Gasteiger partial charge in [0.25, 0.3) is 0 Å². The van der Waals surface area contributed by atoms with Crippen molar-refractivity contribution < 1.29 is 20.1 Å². The van der Waals surface area contributed by atoms with Gasteiger partial charge in [-0.25, -0.2) is 0 Å². The van der Waals surface area contributed by atoms with Crippen molar-refractivity contribution in [2.75, 3.05) is 6.61 Å². The lowest BCUT2D eigenvalue weighted by Gasteiger charge is -2.16. The van der Waals surface area contributed by atoms with E-state index in [9.17, 15) is 9.90 Å². The van der Waals surface area contributed by atoms with Crippen molar-refractivity contribution in [1.82, 2.24) is 0 Å². The van der Waals surface area contributed by atoms with Gasteiger partial charge in [0.05, 0.1) is 18.6 Å². The minimum absolute atomic E-state index is 0.0231. The van der Waals surface area contributed by atoms with E-state index in [0.717, 1.165) is 5.56 Å². The van der Waals surface area contributed by atoms with Crippen molar-refractivity contribution >= 4 is 5.97 Å². The zero-order valence-electron chi connectivity index (χ0n) is 9.13. The number of rotatable bonds is 5. The third-order valence-corrected chi connectivity index (χ3v) is 2.46. The monoisotopic (exact) mass is 224 g/mol. The Bertz CT molecular complexity index is 362. The molecule has 0 aromatic heterocycles. The SMILES string of the molecule is Cc1cccc(C(CC(O)CO)C(=O)O)c1. The standard InChI is InChI=1S/C12H16O4/c1-8-3-2-4-9(5-8)11(12(15)16)6-10(14)7-13/h2-5,10-11,13-14H,6-7H2,1H3,(H,15,16). The van der Waals surface area contributed by atoms with Gasteiger partial charge in [-0.2, -0.15) is 0 Å². The van der Waals surface area contributed by atoms with E-state index < -0.39 is 24.6 Å². The van der Waals surface area contributed by atoms with E-state index in [1.165, 1.54) is 0 Å². The number of aliphatic hydroxyl groups excluding tert-OH is 2. The molecule has 1 rings (SSSR count). The van der Waals surface area contributed by atoms with Gasteiger partial charge in [0, 0.05) is 0 Å². The van der Waals surface area contributed by atoms with Crippen LogP contribution in [0.1, 0.15) is 23.5 Å². The molecule has 0 aliphatic rings. The van der Waals surface area contributed by atoms with Crippen molar-refractivity contribution in [2.45, 2.75) is 25.4 Å². The molecule has 2 atom stereocenters. The number of aliphatic hydroxyl groups is 2. The first-order valence-electron chi connectivity index (χ1n) is 5.13. The topological polar surface area (TPSA) is 77.8 Å². The average Bonchev–Trinajstić information content (AvgIpc) is 2.25. The molecule has 16 heavy (non-hydrogen) atoms. The summed E-state index contributed by atoms with van der Waals surface area (Å²) in [6.07, 6.45) is -0.975. The predicted octanol–water partition coefficient (Wildman–Crippen LogP) is 0.907. The quantitative estimate of drug-likeness (QED) is 0.694. The molecule has 1 aromatic rings. The lowest BCUT2D eigenvalue weighted by molar-refractivity contribution is -0.139. The highest BCUT2D eigenvalue weighted by Crippen LogP contribution is 2.22. The van der Waals surface area contributed by atoms with Crippen LogP contribution in [0.2, 0.25) is 0 Å². The molecule has 0 bridgehead atoms. The molecule has 0 saturated heterocycles. The summed E-state index contributed by atoms with van der Waals surface area (Å²) in [6, 6.07) is 7.16. The molecule has 0 radical (unpaired) electrons. The summed E-state index contributed by atoms with van der Waals surface area (Å²) >= 11 is 0. The highest BCUT2D eigenvalue weighted by atomic mass is 16.4. The van der Waals surface area contributed by atoms with Gasteiger partial charge >= 0.3 is 5.97 Å². The Morgan fingerprint density at radius 1 is 1.44 bits per heavy atom. The molecule has 2 unspecified atom stereocenters. The van der Waals surface area contributed by atoms with Crippen molar-refractivity contribution in [1.29, 1.82) is 0 Å². The molecule has 88 valence electrons. The predicted molar refractivity (Wildman–Crippen MR) is 59.3 cm³/mol. The smallest absolute Gasteiger partial charge is 0.311 e. The molecule has 0 aliphatic carbocycles. The molecule has 0 amide bonds. The first kappa shape index (κ1) is 12.7. The minimum atomic E-state index is -0.999. The number of carboxylic acid groups (broad SMARTS) is 1. The molecule has 0 heterocycles. The second-order valence-electron chi connectivity index (χ2n) is 3.88. The Morgan fingerprint density at radius 3 is 2.62 bits per heavy atom. The minimum Gasteiger partial charge on any atom is -0.481 e. The number of hydrogen-bond donors (Lipinski definition) is 3. The fourth-order valence-corrected chi connectivity index (χ4v) is 1.61. The van der Waals surface area contributed by atoms with Crippen LogP contribution in [0.15, 0.2) is 24.3 Å². The summed E-state index contributed by atoms with van der Waals surface area (Å²) in [4.78, 5) is 11.1. The van der Waals surface area contributed by atoms with Gasteiger partial charge in [-0.3, -0.25) is 4.79 Å². The Morgan fingerprint density at radius 2 is 2.12 bits per heavy atom. The van der Waals surface area contributed by atoms with Crippen LogP contribution in [0.25, 0.3) is 0 Å². The fraction of sp³-hybridized carbons (Fsp3) is 0.417. The lowest BCUT2D eigenvalue weighted by atomic mass is 9.92. The van der Waals surface area contributed by atoms with Gasteiger partial charge in [0.1, 0.15) is 0 Å². The van der Waals surface area contributed by atoms with Crippen LogP contribution in [0.5, 0.6) is 0 Å².